The highest BCUT2D eigenvalue weighted by Gasteiger charge is 2.27. The van der Waals surface area contributed by atoms with Gasteiger partial charge in [0.05, 0.1) is 6.54 Å². The molecule has 31 heavy (non-hydrogen) atoms. The van der Waals surface area contributed by atoms with Crippen molar-refractivity contribution in [1.82, 2.24) is 19.7 Å². The third-order valence-corrected chi connectivity index (χ3v) is 6.14. The SMILES string of the molecule is CN1CCC(N(Cc2ccc(F)cc2F)C(=O)NCc2ccc3c(ccn3C)c2)CC1. The monoisotopic (exact) mass is 426 g/mol. The Kier molecular flexibility index (Phi) is 6.23. The van der Waals surface area contributed by atoms with Gasteiger partial charge in [0.15, 0.2) is 0 Å². The Morgan fingerprint density at radius 1 is 1.10 bits per heavy atom. The molecule has 2 heterocycles. The maximum Gasteiger partial charge on any atom is 0.318 e. The Morgan fingerprint density at radius 2 is 1.87 bits per heavy atom. The Hall–Kier alpha value is -2.93. The molecule has 0 aliphatic carbocycles. The average molecular weight is 427 g/mol. The highest BCUT2D eigenvalue weighted by Crippen LogP contribution is 2.21. The third-order valence-electron chi connectivity index (χ3n) is 6.14. The zero-order chi connectivity index (χ0) is 22.0. The Bertz CT molecular complexity index is 1070. The highest BCUT2D eigenvalue weighted by atomic mass is 19.1. The zero-order valence-electron chi connectivity index (χ0n) is 17.9. The van der Waals surface area contributed by atoms with Crippen molar-refractivity contribution in [1.29, 1.82) is 0 Å². The first kappa shape index (κ1) is 21.3. The summed E-state index contributed by atoms with van der Waals surface area (Å²) >= 11 is 0. The topological polar surface area (TPSA) is 40.5 Å². The van der Waals surface area contributed by atoms with E-state index in [9.17, 15) is 13.6 Å². The largest absolute Gasteiger partial charge is 0.351 e. The lowest BCUT2D eigenvalue weighted by Crippen LogP contribution is -2.49. The van der Waals surface area contributed by atoms with Gasteiger partial charge >= 0.3 is 6.03 Å². The standard InChI is InChI=1S/C24H28F2N4O/c1-28-10-8-21(9-11-28)30(16-19-4-5-20(25)14-22(19)26)24(31)27-15-17-3-6-23-18(13-17)7-12-29(23)2/h3-7,12-14,21H,8-11,15-16H2,1-2H3,(H,27,31). The number of carbonyl (C=O) groups excluding carboxylic acids is 1. The van der Waals surface area contributed by atoms with Crippen LogP contribution in [0.3, 0.4) is 0 Å². The summed E-state index contributed by atoms with van der Waals surface area (Å²) in [5.74, 6) is -1.24. The second-order valence-electron chi connectivity index (χ2n) is 8.38. The first-order valence-corrected chi connectivity index (χ1v) is 10.6. The lowest BCUT2D eigenvalue weighted by Gasteiger charge is -2.37. The van der Waals surface area contributed by atoms with Gasteiger partial charge in [-0.25, -0.2) is 13.6 Å². The molecule has 3 aromatic rings. The molecule has 1 fully saturated rings. The molecule has 1 N–H and O–H groups in total. The molecule has 0 saturated carbocycles. The van der Waals surface area contributed by atoms with E-state index in [2.05, 4.69) is 27.9 Å². The third kappa shape index (κ3) is 4.88. The molecule has 0 bridgehead atoms. The lowest BCUT2D eigenvalue weighted by atomic mass is 10.0. The van der Waals surface area contributed by atoms with E-state index >= 15 is 0 Å². The van der Waals surface area contributed by atoms with Crippen molar-refractivity contribution in [3.05, 3.63) is 71.4 Å². The summed E-state index contributed by atoms with van der Waals surface area (Å²) < 4.78 is 29.7. The van der Waals surface area contributed by atoms with Crippen LogP contribution in [-0.2, 0) is 20.1 Å². The fourth-order valence-corrected chi connectivity index (χ4v) is 4.23. The predicted molar refractivity (Wildman–Crippen MR) is 118 cm³/mol. The van der Waals surface area contributed by atoms with Gasteiger partial charge in [-0.05, 0) is 68.2 Å². The zero-order valence-corrected chi connectivity index (χ0v) is 17.9. The molecule has 164 valence electrons. The van der Waals surface area contributed by atoms with E-state index in [0.717, 1.165) is 48.5 Å². The van der Waals surface area contributed by atoms with Crippen LogP contribution in [0.5, 0.6) is 0 Å². The number of hydrogen-bond donors (Lipinski definition) is 1. The van der Waals surface area contributed by atoms with Gasteiger partial charge in [-0.1, -0.05) is 12.1 Å². The molecule has 5 nitrogen and oxygen atoms in total. The maximum atomic E-state index is 14.3. The summed E-state index contributed by atoms with van der Waals surface area (Å²) in [4.78, 5) is 17.1. The molecule has 7 heteroatoms. The number of piperidine rings is 1. The second-order valence-corrected chi connectivity index (χ2v) is 8.38. The van der Waals surface area contributed by atoms with Gasteiger partial charge in [0.25, 0.3) is 0 Å². The van der Waals surface area contributed by atoms with Crippen LogP contribution in [0, 0.1) is 11.6 Å². The minimum absolute atomic E-state index is 0.0113. The van der Waals surface area contributed by atoms with E-state index < -0.39 is 11.6 Å². The van der Waals surface area contributed by atoms with Gasteiger partial charge in [-0.2, -0.15) is 0 Å². The van der Waals surface area contributed by atoms with E-state index in [-0.39, 0.29) is 18.6 Å². The molecule has 0 atom stereocenters. The fraction of sp³-hybridized carbons (Fsp3) is 0.375. The van der Waals surface area contributed by atoms with Crippen LogP contribution in [0.2, 0.25) is 0 Å². The first-order valence-electron chi connectivity index (χ1n) is 10.6. The Balaban J connectivity index is 1.49. The minimum Gasteiger partial charge on any atom is -0.351 e. The number of amides is 2. The molecule has 0 unspecified atom stereocenters. The lowest BCUT2D eigenvalue weighted by molar-refractivity contribution is 0.126. The molecule has 0 spiro atoms. The first-order chi connectivity index (χ1) is 14.9. The molecule has 2 aromatic carbocycles. The number of carbonyl (C=O) groups is 1. The van der Waals surface area contributed by atoms with Gasteiger partial charge in [-0.15, -0.1) is 0 Å². The number of likely N-dealkylation sites (tertiary alicyclic amines) is 1. The molecular weight excluding hydrogens is 398 g/mol. The van der Waals surface area contributed by atoms with Crippen molar-refractivity contribution in [2.24, 2.45) is 7.05 Å². The van der Waals surface area contributed by atoms with Crippen LogP contribution in [0.15, 0.2) is 48.7 Å². The van der Waals surface area contributed by atoms with Gasteiger partial charge in [0, 0.05) is 43.0 Å². The number of nitrogens with zero attached hydrogens (tertiary/aromatic N) is 3. The fourth-order valence-electron chi connectivity index (χ4n) is 4.23. The molecule has 2 amide bonds. The molecule has 1 aromatic heterocycles. The van der Waals surface area contributed by atoms with Gasteiger partial charge in [-0.3, -0.25) is 0 Å². The van der Waals surface area contributed by atoms with Crippen LogP contribution in [0.4, 0.5) is 13.6 Å². The van der Waals surface area contributed by atoms with Gasteiger partial charge in [0.2, 0.25) is 0 Å². The molecule has 4 rings (SSSR count). The molecule has 0 radical (unpaired) electrons. The van der Waals surface area contributed by atoms with Crippen LogP contribution in [0.25, 0.3) is 10.9 Å². The number of benzene rings is 2. The summed E-state index contributed by atoms with van der Waals surface area (Å²) in [5, 5.41) is 4.12. The number of hydrogen-bond acceptors (Lipinski definition) is 2. The number of urea groups is 1. The van der Waals surface area contributed by atoms with E-state index in [1.165, 1.54) is 12.1 Å². The van der Waals surface area contributed by atoms with Crippen molar-refractivity contribution in [3.63, 3.8) is 0 Å². The molecule has 1 saturated heterocycles. The summed E-state index contributed by atoms with van der Waals surface area (Å²) in [6.07, 6.45) is 3.65. The van der Waals surface area contributed by atoms with Crippen molar-refractivity contribution in [3.8, 4) is 0 Å². The number of aromatic nitrogens is 1. The number of fused-ring (bicyclic) bond motifs is 1. The van der Waals surface area contributed by atoms with Crippen LogP contribution < -0.4 is 5.32 Å². The average Bonchev–Trinajstić information content (AvgIpc) is 3.12. The van der Waals surface area contributed by atoms with Crippen molar-refractivity contribution in [2.45, 2.75) is 32.0 Å². The van der Waals surface area contributed by atoms with E-state index in [0.29, 0.717) is 12.1 Å². The summed E-state index contributed by atoms with van der Waals surface area (Å²) in [6, 6.07) is 11.5. The van der Waals surface area contributed by atoms with Gasteiger partial charge < -0.3 is 19.7 Å². The van der Waals surface area contributed by atoms with Crippen LogP contribution in [0.1, 0.15) is 24.0 Å². The minimum atomic E-state index is -0.625. The smallest absolute Gasteiger partial charge is 0.318 e. The Morgan fingerprint density at radius 3 is 2.61 bits per heavy atom. The quantitative estimate of drug-likeness (QED) is 0.662. The number of halogens is 2. The van der Waals surface area contributed by atoms with Gasteiger partial charge in [0.1, 0.15) is 11.6 Å². The summed E-state index contributed by atoms with van der Waals surface area (Å²) in [5.41, 5.74) is 2.46. The normalized spacial score (nSPS) is 15.4. The Labute approximate surface area is 181 Å². The summed E-state index contributed by atoms with van der Waals surface area (Å²) in [6.45, 7) is 2.26. The van der Waals surface area contributed by atoms with E-state index in [4.69, 9.17) is 0 Å². The van der Waals surface area contributed by atoms with E-state index in [1.54, 1.807) is 4.90 Å². The summed E-state index contributed by atoms with van der Waals surface area (Å²) in [7, 11) is 4.05. The number of aryl methyl sites for hydroxylation is 1. The number of rotatable bonds is 5. The predicted octanol–water partition coefficient (Wildman–Crippen LogP) is 4.26. The molecule has 1 aliphatic heterocycles. The number of nitrogens with one attached hydrogen (secondary N) is 1. The van der Waals surface area contributed by atoms with Crippen LogP contribution in [-0.4, -0.2) is 46.6 Å². The van der Waals surface area contributed by atoms with E-state index in [1.807, 2.05) is 31.4 Å². The highest BCUT2D eigenvalue weighted by molar-refractivity contribution is 5.81. The van der Waals surface area contributed by atoms with Crippen molar-refractivity contribution < 1.29 is 13.6 Å². The van der Waals surface area contributed by atoms with Crippen molar-refractivity contribution >= 4 is 16.9 Å². The maximum absolute atomic E-state index is 14.3. The van der Waals surface area contributed by atoms with Crippen LogP contribution >= 0.6 is 0 Å². The molecular formula is C24H28F2N4O. The molecule has 1 aliphatic rings. The van der Waals surface area contributed by atoms with Crippen molar-refractivity contribution in [2.75, 3.05) is 20.1 Å². The second kappa shape index (κ2) is 9.06.